The fraction of sp³-hybridized carbons (Fsp3) is 0.353. The van der Waals surface area contributed by atoms with E-state index >= 15 is 4.39 Å². The zero-order valence-corrected chi connectivity index (χ0v) is 28.6. The summed E-state index contributed by atoms with van der Waals surface area (Å²) in [5.74, 6) is -0.961. The normalized spacial score (nSPS) is 18.9. The molecule has 2 fully saturated rings. The van der Waals surface area contributed by atoms with Gasteiger partial charge in [-0.05, 0) is 42.7 Å². The maximum Gasteiger partial charge on any atom is 0.277 e. The number of halogens is 2. The summed E-state index contributed by atoms with van der Waals surface area (Å²) in [5.41, 5.74) is 6.98. The van der Waals surface area contributed by atoms with Gasteiger partial charge in [0.1, 0.15) is 11.5 Å². The lowest BCUT2D eigenvalue weighted by Gasteiger charge is -2.28. The first-order chi connectivity index (χ1) is 22.1. The van der Waals surface area contributed by atoms with Gasteiger partial charge >= 0.3 is 0 Å². The Balaban J connectivity index is 1.92. The van der Waals surface area contributed by atoms with Crippen LogP contribution < -0.4 is 16.2 Å². The number of likely N-dealkylation sites (tertiary alicyclic amines) is 1. The van der Waals surface area contributed by atoms with Crippen molar-refractivity contribution in [2.24, 2.45) is 22.7 Å². The fourth-order valence-electron chi connectivity index (χ4n) is 6.78. The lowest BCUT2D eigenvalue weighted by molar-refractivity contribution is -0.125. The smallest absolute Gasteiger partial charge is 0.277 e. The Labute approximate surface area is 278 Å². The van der Waals surface area contributed by atoms with Gasteiger partial charge in [-0.2, -0.15) is 0 Å². The van der Waals surface area contributed by atoms with Gasteiger partial charge in [-0.25, -0.2) is 17.8 Å². The fourth-order valence-corrected chi connectivity index (χ4v) is 8.02. The zero-order chi connectivity index (χ0) is 34.5. The number of anilines is 2. The van der Waals surface area contributed by atoms with Crippen LogP contribution in [0.3, 0.4) is 0 Å². The molecular weight excluding hydrogens is 643 g/mol. The van der Waals surface area contributed by atoms with Gasteiger partial charge in [0.25, 0.3) is 5.56 Å². The van der Waals surface area contributed by atoms with E-state index in [2.05, 4.69) is 18.2 Å². The highest BCUT2D eigenvalue weighted by molar-refractivity contribution is 7.90. The predicted molar refractivity (Wildman–Crippen MR) is 187 cm³/mol. The van der Waals surface area contributed by atoms with E-state index in [1.165, 1.54) is 34.9 Å². The minimum atomic E-state index is -4.17. The number of nitrogen functional groups attached to an aromatic ring is 1. The van der Waals surface area contributed by atoms with E-state index in [0.717, 1.165) is 6.26 Å². The molecule has 47 heavy (non-hydrogen) atoms. The topological polar surface area (TPSA) is 131 Å². The van der Waals surface area contributed by atoms with E-state index in [4.69, 9.17) is 22.3 Å². The highest BCUT2D eigenvalue weighted by Gasteiger charge is 2.43. The molecule has 13 heteroatoms. The number of nitrogens with zero attached hydrogens (tertiary/aromatic N) is 5. The van der Waals surface area contributed by atoms with Gasteiger partial charge in [0.15, 0.2) is 14.7 Å². The van der Waals surface area contributed by atoms with E-state index in [0.29, 0.717) is 43.2 Å². The monoisotopic (exact) mass is 680 g/mol. The second-order valence-electron chi connectivity index (χ2n) is 12.4. The Hall–Kier alpha value is -4.29. The van der Waals surface area contributed by atoms with E-state index in [-0.39, 0.29) is 62.3 Å². The number of nitrogens with two attached hydrogens (primary N) is 1. The Morgan fingerprint density at radius 3 is 2.32 bits per heavy atom. The molecule has 0 saturated carbocycles. The summed E-state index contributed by atoms with van der Waals surface area (Å²) in [6.45, 7) is 14.7. The number of rotatable bonds is 8. The molecule has 5 rings (SSSR count). The van der Waals surface area contributed by atoms with Crippen LogP contribution in [0.2, 0.25) is 5.02 Å². The lowest BCUT2D eigenvalue weighted by Crippen LogP contribution is -2.36. The molecule has 248 valence electrons. The molecule has 2 aliphatic heterocycles. The Morgan fingerprint density at radius 1 is 1.17 bits per heavy atom. The summed E-state index contributed by atoms with van der Waals surface area (Å²) in [7, 11) is -2.58. The van der Waals surface area contributed by atoms with Crippen LogP contribution in [-0.2, 0) is 14.6 Å². The van der Waals surface area contributed by atoms with Crippen LogP contribution in [0.1, 0.15) is 20.8 Å². The SMILES string of the molecule is C=CC(=O)N1C[C@@H]2CN(c3c(S(C)(=O)=O)c(=O)n(/C(C(=NC)C(C)C)=C(\C)C=C)c4nc(-c5c(N)cccc5F)c(Cl)cc34)C[C@@H]2C1. The van der Waals surface area contributed by atoms with Crippen LogP contribution in [0.25, 0.3) is 28.0 Å². The van der Waals surface area contributed by atoms with Crippen molar-refractivity contribution in [3.63, 3.8) is 0 Å². The molecule has 0 unspecified atom stereocenters. The standard InChI is InChI=1S/C34H38ClFN6O4S/c1-8-19(5)30(28(38-6)18(3)4)42-33-22(13-23(35)29(39-33)27-24(36)11-10-12-25(27)37)31(32(34(42)44)47(7,45)46)41-16-20-14-40(26(43)9-2)15-21(20)17-41/h8-13,18,20-21H,1-2,14-17,37H2,3-7H3/b30-19+,38-28?/t20-,21+. The van der Waals surface area contributed by atoms with Crippen LogP contribution in [0, 0.1) is 23.6 Å². The average Bonchev–Trinajstić information content (AvgIpc) is 3.58. The summed E-state index contributed by atoms with van der Waals surface area (Å²) in [4.78, 5) is 39.6. The second-order valence-corrected chi connectivity index (χ2v) is 14.7. The van der Waals surface area contributed by atoms with Gasteiger partial charge in [-0.3, -0.25) is 19.1 Å². The summed E-state index contributed by atoms with van der Waals surface area (Å²) in [5, 5.41) is 0.294. The number of hydrogen-bond donors (Lipinski definition) is 1. The van der Waals surface area contributed by atoms with Crippen molar-refractivity contribution in [1.82, 2.24) is 14.5 Å². The number of allylic oxidation sites excluding steroid dienone is 3. The number of hydrogen-bond acceptors (Lipinski definition) is 8. The molecule has 0 radical (unpaired) electrons. The molecule has 3 aromatic rings. The van der Waals surface area contributed by atoms with Gasteiger partial charge in [0, 0.05) is 62.4 Å². The number of fused-ring (bicyclic) bond motifs is 2. The van der Waals surface area contributed by atoms with Crippen molar-refractivity contribution < 1.29 is 17.6 Å². The molecule has 1 aromatic carbocycles. The number of aromatic nitrogens is 2. The number of aliphatic imine (C=N–C) groups is 1. The third kappa shape index (κ3) is 5.89. The molecule has 10 nitrogen and oxygen atoms in total. The zero-order valence-electron chi connectivity index (χ0n) is 27.0. The van der Waals surface area contributed by atoms with Crippen LogP contribution in [-0.4, -0.2) is 74.0 Å². The Bertz CT molecular complexity index is 2040. The van der Waals surface area contributed by atoms with Crippen LogP contribution in [0.5, 0.6) is 0 Å². The van der Waals surface area contributed by atoms with Crippen LogP contribution >= 0.6 is 11.6 Å². The van der Waals surface area contributed by atoms with Gasteiger partial charge in [0.2, 0.25) is 5.91 Å². The minimum absolute atomic E-state index is 0.00650. The highest BCUT2D eigenvalue weighted by atomic mass is 35.5. The number of carbonyl (C=O) groups is 1. The maximum absolute atomic E-state index is 15.3. The van der Waals surface area contributed by atoms with Gasteiger partial charge in [0.05, 0.1) is 33.4 Å². The largest absolute Gasteiger partial charge is 0.398 e. The van der Waals surface area contributed by atoms with E-state index in [9.17, 15) is 18.0 Å². The number of sulfone groups is 1. The number of carbonyl (C=O) groups excluding carboxylic acids is 1. The number of amides is 1. The van der Waals surface area contributed by atoms with Crippen molar-refractivity contribution in [3.8, 4) is 11.3 Å². The second kappa shape index (κ2) is 12.7. The predicted octanol–water partition coefficient (Wildman–Crippen LogP) is 5.07. The maximum atomic E-state index is 15.3. The summed E-state index contributed by atoms with van der Waals surface area (Å²) >= 11 is 6.85. The van der Waals surface area contributed by atoms with E-state index in [1.54, 1.807) is 24.9 Å². The van der Waals surface area contributed by atoms with Crippen LogP contribution in [0.15, 0.2) is 69.8 Å². The Morgan fingerprint density at radius 2 is 1.81 bits per heavy atom. The Kier molecular flexibility index (Phi) is 9.22. The summed E-state index contributed by atoms with van der Waals surface area (Å²) < 4.78 is 43.9. The first-order valence-corrected chi connectivity index (χ1v) is 17.4. The molecule has 2 aliphatic rings. The van der Waals surface area contributed by atoms with Gasteiger partial charge in [-0.15, -0.1) is 0 Å². The summed E-state index contributed by atoms with van der Waals surface area (Å²) in [6.07, 6.45) is 3.83. The summed E-state index contributed by atoms with van der Waals surface area (Å²) in [6, 6.07) is 5.73. The third-order valence-corrected chi connectivity index (χ3v) is 10.3. The molecule has 0 spiro atoms. The van der Waals surface area contributed by atoms with Crippen molar-refractivity contribution in [2.45, 2.75) is 25.7 Å². The third-order valence-electron chi connectivity index (χ3n) is 8.91. The quantitative estimate of drug-likeness (QED) is 0.152. The number of benzene rings is 1. The first-order valence-electron chi connectivity index (χ1n) is 15.1. The minimum Gasteiger partial charge on any atom is -0.398 e. The molecule has 2 atom stereocenters. The van der Waals surface area contributed by atoms with Gasteiger partial charge in [-0.1, -0.05) is 50.7 Å². The average molecular weight is 681 g/mol. The van der Waals surface area contributed by atoms with E-state index in [1.807, 2.05) is 18.7 Å². The number of pyridine rings is 2. The van der Waals surface area contributed by atoms with Crippen molar-refractivity contribution in [2.75, 3.05) is 50.1 Å². The van der Waals surface area contributed by atoms with Crippen LogP contribution in [0.4, 0.5) is 15.8 Å². The molecule has 2 aromatic heterocycles. The van der Waals surface area contributed by atoms with Gasteiger partial charge < -0.3 is 15.5 Å². The highest BCUT2D eigenvalue weighted by Crippen LogP contribution is 2.43. The molecule has 2 saturated heterocycles. The van der Waals surface area contributed by atoms with Crippen molar-refractivity contribution in [1.29, 1.82) is 0 Å². The van der Waals surface area contributed by atoms with Crippen molar-refractivity contribution >= 4 is 61.2 Å². The molecule has 0 aliphatic carbocycles. The first kappa shape index (κ1) is 34.1. The van der Waals surface area contributed by atoms with Crippen molar-refractivity contribution in [3.05, 3.63) is 76.3 Å². The lowest BCUT2D eigenvalue weighted by atomic mass is 10.00. The molecule has 4 heterocycles. The molecule has 0 bridgehead atoms. The molecule has 2 N–H and O–H groups in total. The molecule has 1 amide bonds. The van der Waals surface area contributed by atoms with E-state index < -0.39 is 26.1 Å². The molecular formula is C34H38ClFN6O4S.